The van der Waals surface area contributed by atoms with Crippen LogP contribution in [0.2, 0.25) is 0 Å². The summed E-state index contributed by atoms with van der Waals surface area (Å²) in [4.78, 5) is 18.0. The van der Waals surface area contributed by atoms with Crippen molar-refractivity contribution in [3.63, 3.8) is 0 Å². The number of pyridine rings is 1. The summed E-state index contributed by atoms with van der Waals surface area (Å²) in [5.74, 6) is -0.0229. The first-order valence-electron chi connectivity index (χ1n) is 7.25. The Morgan fingerprint density at radius 3 is 2.74 bits per heavy atom. The van der Waals surface area contributed by atoms with Gasteiger partial charge in [-0.1, -0.05) is 28.1 Å². The zero-order valence-electron chi connectivity index (χ0n) is 12.3. The number of hydrogen-bond acceptors (Lipinski definition) is 3. The standard InChI is InChI=1S/C18H15BrN2OS/c19-15-3-1-2-13(12-15)6-11-21-18(22)17-5-4-16(23-17)14-7-9-20-10-8-14/h1-5,7-10,12H,6,11H2,(H,21,22). The zero-order chi connectivity index (χ0) is 16.1. The molecule has 0 aliphatic rings. The molecule has 1 N–H and O–H groups in total. The van der Waals surface area contributed by atoms with Crippen molar-refractivity contribution in [2.45, 2.75) is 6.42 Å². The number of rotatable bonds is 5. The monoisotopic (exact) mass is 386 g/mol. The second kappa shape index (κ2) is 7.53. The van der Waals surface area contributed by atoms with Crippen LogP contribution in [0.25, 0.3) is 10.4 Å². The van der Waals surface area contributed by atoms with Gasteiger partial charge in [-0.3, -0.25) is 9.78 Å². The first-order chi connectivity index (χ1) is 11.2. The molecule has 5 heteroatoms. The number of nitrogens with one attached hydrogen (secondary N) is 1. The molecule has 0 aliphatic carbocycles. The molecular formula is C18H15BrN2OS. The van der Waals surface area contributed by atoms with E-state index in [1.54, 1.807) is 12.4 Å². The summed E-state index contributed by atoms with van der Waals surface area (Å²) in [5.41, 5.74) is 2.28. The van der Waals surface area contributed by atoms with Crippen LogP contribution >= 0.6 is 27.3 Å². The van der Waals surface area contributed by atoms with Gasteiger partial charge in [-0.2, -0.15) is 0 Å². The molecule has 0 spiro atoms. The van der Waals surface area contributed by atoms with E-state index in [9.17, 15) is 4.79 Å². The first-order valence-corrected chi connectivity index (χ1v) is 8.86. The maximum absolute atomic E-state index is 12.2. The summed E-state index contributed by atoms with van der Waals surface area (Å²) in [6, 6.07) is 15.9. The van der Waals surface area contributed by atoms with Crippen LogP contribution in [0.15, 0.2) is 65.4 Å². The summed E-state index contributed by atoms with van der Waals surface area (Å²) in [5, 5.41) is 2.98. The van der Waals surface area contributed by atoms with E-state index in [1.165, 1.54) is 16.9 Å². The average molecular weight is 387 g/mol. The summed E-state index contributed by atoms with van der Waals surface area (Å²) in [6.07, 6.45) is 4.33. The van der Waals surface area contributed by atoms with E-state index in [-0.39, 0.29) is 5.91 Å². The number of carbonyl (C=O) groups is 1. The van der Waals surface area contributed by atoms with Gasteiger partial charge in [0.25, 0.3) is 5.91 Å². The smallest absolute Gasteiger partial charge is 0.261 e. The van der Waals surface area contributed by atoms with E-state index < -0.39 is 0 Å². The highest BCUT2D eigenvalue weighted by molar-refractivity contribution is 9.10. The lowest BCUT2D eigenvalue weighted by Gasteiger charge is -2.04. The zero-order valence-corrected chi connectivity index (χ0v) is 14.7. The molecule has 3 rings (SSSR count). The second-order valence-electron chi connectivity index (χ2n) is 5.04. The van der Waals surface area contributed by atoms with E-state index in [0.29, 0.717) is 6.54 Å². The molecule has 0 saturated carbocycles. The van der Waals surface area contributed by atoms with Crippen molar-refractivity contribution < 1.29 is 4.79 Å². The van der Waals surface area contributed by atoms with Gasteiger partial charge in [-0.05, 0) is 53.9 Å². The highest BCUT2D eigenvalue weighted by Gasteiger charge is 2.09. The van der Waals surface area contributed by atoms with Crippen molar-refractivity contribution in [1.29, 1.82) is 0 Å². The van der Waals surface area contributed by atoms with E-state index >= 15 is 0 Å². The summed E-state index contributed by atoms with van der Waals surface area (Å²) in [7, 11) is 0. The minimum absolute atomic E-state index is 0.0229. The Morgan fingerprint density at radius 1 is 1.13 bits per heavy atom. The topological polar surface area (TPSA) is 42.0 Å². The van der Waals surface area contributed by atoms with Crippen LogP contribution in [0.4, 0.5) is 0 Å². The lowest BCUT2D eigenvalue weighted by atomic mass is 10.1. The van der Waals surface area contributed by atoms with Crippen molar-refractivity contribution in [3.05, 3.63) is 75.8 Å². The first kappa shape index (κ1) is 15.9. The highest BCUT2D eigenvalue weighted by Crippen LogP contribution is 2.27. The molecule has 3 aromatic rings. The third-order valence-corrected chi connectivity index (χ3v) is 5.01. The van der Waals surface area contributed by atoms with Gasteiger partial charge in [0.1, 0.15) is 0 Å². The third kappa shape index (κ3) is 4.27. The van der Waals surface area contributed by atoms with Crippen molar-refractivity contribution in [2.75, 3.05) is 6.54 Å². The van der Waals surface area contributed by atoms with Gasteiger partial charge in [0, 0.05) is 28.3 Å². The number of benzene rings is 1. The normalized spacial score (nSPS) is 10.5. The van der Waals surface area contributed by atoms with Crippen LogP contribution in [0, 0.1) is 0 Å². The Labute approximate surface area is 147 Å². The number of aromatic nitrogens is 1. The Morgan fingerprint density at radius 2 is 1.96 bits per heavy atom. The Balaban J connectivity index is 1.58. The molecule has 0 unspecified atom stereocenters. The van der Waals surface area contributed by atoms with Crippen molar-refractivity contribution in [3.8, 4) is 10.4 Å². The lowest BCUT2D eigenvalue weighted by Crippen LogP contribution is -2.24. The molecule has 0 saturated heterocycles. The van der Waals surface area contributed by atoms with Gasteiger partial charge in [0.15, 0.2) is 0 Å². The SMILES string of the molecule is O=C(NCCc1cccc(Br)c1)c1ccc(-c2ccncc2)s1. The van der Waals surface area contributed by atoms with E-state index in [0.717, 1.165) is 26.2 Å². The second-order valence-corrected chi connectivity index (χ2v) is 7.04. The average Bonchev–Trinajstić information content (AvgIpc) is 3.06. The van der Waals surface area contributed by atoms with Crippen LogP contribution in [-0.2, 0) is 6.42 Å². The van der Waals surface area contributed by atoms with E-state index in [4.69, 9.17) is 0 Å². The summed E-state index contributed by atoms with van der Waals surface area (Å²) < 4.78 is 1.06. The minimum atomic E-state index is -0.0229. The Kier molecular flexibility index (Phi) is 5.20. The largest absolute Gasteiger partial charge is 0.351 e. The molecule has 0 bridgehead atoms. The lowest BCUT2D eigenvalue weighted by molar-refractivity contribution is 0.0958. The van der Waals surface area contributed by atoms with Gasteiger partial charge >= 0.3 is 0 Å². The molecule has 116 valence electrons. The number of halogens is 1. The molecule has 0 radical (unpaired) electrons. The number of nitrogens with zero attached hydrogens (tertiary/aromatic N) is 1. The molecule has 23 heavy (non-hydrogen) atoms. The Bertz CT molecular complexity index is 802. The van der Waals surface area contributed by atoms with Gasteiger partial charge < -0.3 is 5.32 Å². The molecule has 0 aliphatic heterocycles. The fraction of sp³-hybridized carbons (Fsp3) is 0.111. The third-order valence-electron chi connectivity index (χ3n) is 3.38. The summed E-state index contributed by atoms with van der Waals surface area (Å²) in [6.45, 7) is 0.623. The molecule has 3 nitrogen and oxygen atoms in total. The van der Waals surface area contributed by atoms with Crippen molar-refractivity contribution >= 4 is 33.2 Å². The number of thiophene rings is 1. The molecule has 0 atom stereocenters. The molecule has 2 heterocycles. The summed E-state index contributed by atoms with van der Waals surface area (Å²) >= 11 is 4.95. The van der Waals surface area contributed by atoms with Crippen LogP contribution in [0.5, 0.6) is 0 Å². The van der Waals surface area contributed by atoms with Crippen molar-refractivity contribution in [1.82, 2.24) is 10.3 Å². The maximum Gasteiger partial charge on any atom is 0.261 e. The maximum atomic E-state index is 12.2. The molecular weight excluding hydrogens is 372 g/mol. The van der Waals surface area contributed by atoms with E-state index in [1.807, 2.05) is 36.4 Å². The predicted molar refractivity (Wildman–Crippen MR) is 97.7 cm³/mol. The quantitative estimate of drug-likeness (QED) is 0.698. The molecule has 1 amide bonds. The van der Waals surface area contributed by atoms with Crippen LogP contribution in [0.3, 0.4) is 0 Å². The van der Waals surface area contributed by atoms with Gasteiger partial charge in [-0.25, -0.2) is 0 Å². The fourth-order valence-corrected chi connectivity index (χ4v) is 3.61. The number of carbonyl (C=O) groups excluding carboxylic acids is 1. The number of hydrogen-bond donors (Lipinski definition) is 1. The van der Waals surface area contributed by atoms with E-state index in [2.05, 4.69) is 38.4 Å². The van der Waals surface area contributed by atoms with Gasteiger partial charge in [-0.15, -0.1) is 11.3 Å². The minimum Gasteiger partial charge on any atom is -0.351 e. The van der Waals surface area contributed by atoms with Crippen LogP contribution < -0.4 is 5.32 Å². The van der Waals surface area contributed by atoms with Gasteiger partial charge in [0.05, 0.1) is 4.88 Å². The van der Waals surface area contributed by atoms with Crippen molar-refractivity contribution in [2.24, 2.45) is 0 Å². The Hall–Kier alpha value is -1.98. The molecule has 2 aromatic heterocycles. The van der Waals surface area contributed by atoms with Crippen LogP contribution in [0.1, 0.15) is 15.2 Å². The molecule has 1 aromatic carbocycles. The highest BCUT2D eigenvalue weighted by atomic mass is 79.9. The molecule has 0 fully saturated rings. The van der Waals surface area contributed by atoms with Crippen LogP contribution in [-0.4, -0.2) is 17.4 Å². The van der Waals surface area contributed by atoms with Gasteiger partial charge in [0.2, 0.25) is 0 Å². The fourth-order valence-electron chi connectivity index (χ4n) is 2.23. The number of amides is 1. The predicted octanol–water partition coefficient (Wildman–Crippen LogP) is 4.55.